The normalized spacial score (nSPS) is 9.82. The number of nitrogens with zero attached hydrogens (tertiary/aromatic N) is 2. The van der Waals surface area contributed by atoms with Gasteiger partial charge in [-0.05, 0) is 30.7 Å². The summed E-state index contributed by atoms with van der Waals surface area (Å²) in [5, 5.41) is 8.23. The van der Waals surface area contributed by atoms with Crippen LogP contribution in [0, 0.1) is 18.3 Å². The summed E-state index contributed by atoms with van der Waals surface area (Å²) in [4.78, 5) is 4.04. The first-order chi connectivity index (χ1) is 5.33. The topological polar surface area (TPSA) is 36.7 Å². The molecule has 0 atom stereocenters. The van der Waals surface area contributed by atoms with Crippen LogP contribution in [-0.2, 0) is 0 Å². The van der Waals surface area contributed by atoms with E-state index in [1.54, 1.807) is 12.3 Å². The Bertz CT molecular complexity index is 308. The predicted octanol–water partition coefficient (Wildman–Crippen LogP) is 1.93. The lowest BCUT2D eigenvalue weighted by atomic mass is 10.2. The van der Waals surface area contributed by atoms with Crippen LogP contribution in [0.25, 0.3) is 6.08 Å². The maximum Gasteiger partial charge on any atom is 0.0912 e. The van der Waals surface area contributed by atoms with Gasteiger partial charge in [-0.2, -0.15) is 5.26 Å². The van der Waals surface area contributed by atoms with E-state index in [9.17, 15) is 0 Å². The first-order valence-electron chi connectivity index (χ1n) is 3.32. The lowest BCUT2D eigenvalue weighted by Gasteiger charge is -1.91. The summed E-state index contributed by atoms with van der Waals surface area (Å²) in [5.41, 5.74) is 1.98. The quantitative estimate of drug-likeness (QED) is 0.564. The molecule has 0 saturated carbocycles. The summed E-state index contributed by atoms with van der Waals surface area (Å²) < 4.78 is 0. The summed E-state index contributed by atoms with van der Waals surface area (Å²) >= 11 is 0. The van der Waals surface area contributed by atoms with Gasteiger partial charge >= 0.3 is 0 Å². The number of aryl methyl sites for hydroxylation is 1. The van der Waals surface area contributed by atoms with Gasteiger partial charge in [0, 0.05) is 12.3 Å². The molecule has 0 N–H and O–H groups in total. The molecule has 0 amide bonds. The van der Waals surface area contributed by atoms with Gasteiger partial charge in [-0.15, -0.1) is 0 Å². The molecule has 11 heavy (non-hydrogen) atoms. The molecule has 1 heterocycles. The minimum absolute atomic E-state index is 0.826. The highest BCUT2D eigenvalue weighted by Crippen LogP contribution is 2.00. The lowest BCUT2D eigenvalue weighted by Crippen LogP contribution is -1.79. The first-order valence-corrected chi connectivity index (χ1v) is 3.32. The molecule has 0 spiro atoms. The van der Waals surface area contributed by atoms with Crippen LogP contribution in [0.1, 0.15) is 11.3 Å². The van der Waals surface area contributed by atoms with Crippen molar-refractivity contribution in [3.05, 3.63) is 35.7 Å². The zero-order chi connectivity index (χ0) is 8.10. The molecule has 0 fully saturated rings. The maximum absolute atomic E-state index is 8.23. The second-order valence-electron chi connectivity index (χ2n) is 2.22. The molecule has 0 radical (unpaired) electrons. The third kappa shape index (κ3) is 2.23. The molecule has 2 nitrogen and oxygen atoms in total. The van der Waals surface area contributed by atoms with E-state index >= 15 is 0 Å². The van der Waals surface area contributed by atoms with E-state index < -0.39 is 0 Å². The van der Waals surface area contributed by atoms with Gasteiger partial charge in [0.1, 0.15) is 0 Å². The van der Waals surface area contributed by atoms with Crippen LogP contribution in [0.2, 0.25) is 0 Å². The standard InChI is InChI=1S/C9H8N2/c1-8-4-6-11-9(7-8)3-2-5-10/h2-4,6-7H,1H3. The summed E-state index contributed by atoms with van der Waals surface area (Å²) in [6.07, 6.45) is 4.83. The summed E-state index contributed by atoms with van der Waals surface area (Å²) in [6.45, 7) is 1.99. The number of pyridine rings is 1. The van der Waals surface area contributed by atoms with Crippen LogP contribution in [0.4, 0.5) is 0 Å². The third-order valence-electron chi connectivity index (χ3n) is 1.27. The average Bonchev–Trinajstić information content (AvgIpc) is 2.01. The molecule has 0 aromatic carbocycles. The molecule has 0 unspecified atom stereocenters. The van der Waals surface area contributed by atoms with Gasteiger partial charge in [-0.3, -0.25) is 4.98 Å². The van der Waals surface area contributed by atoms with Crippen molar-refractivity contribution < 1.29 is 0 Å². The van der Waals surface area contributed by atoms with Crippen LogP contribution in [0.5, 0.6) is 0 Å². The summed E-state index contributed by atoms with van der Waals surface area (Å²) in [7, 11) is 0. The second-order valence-corrected chi connectivity index (χ2v) is 2.22. The van der Waals surface area contributed by atoms with Gasteiger partial charge in [-0.1, -0.05) is 0 Å². The first kappa shape index (κ1) is 7.49. The molecule has 0 saturated heterocycles. The largest absolute Gasteiger partial charge is 0.257 e. The molecule has 1 aromatic rings. The number of hydrogen-bond acceptors (Lipinski definition) is 2. The second kappa shape index (κ2) is 3.52. The predicted molar refractivity (Wildman–Crippen MR) is 43.6 cm³/mol. The van der Waals surface area contributed by atoms with E-state index in [0.29, 0.717) is 0 Å². The SMILES string of the molecule is Cc1ccnc(C=CC#N)c1. The minimum Gasteiger partial charge on any atom is -0.257 e. The molecule has 54 valence electrons. The van der Waals surface area contributed by atoms with Crippen LogP contribution in [-0.4, -0.2) is 4.98 Å². The molecular formula is C9H8N2. The Kier molecular flexibility index (Phi) is 2.40. The Balaban J connectivity index is 2.90. The van der Waals surface area contributed by atoms with Gasteiger partial charge in [0.15, 0.2) is 0 Å². The van der Waals surface area contributed by atoms with E-state index in [0.717, 1.165) is 11.3 Å². The Labute approximate surface area is 65.8 Å². The highest BCUT2D eigenvalue weighted by Gasteiger charge is 1.86. The number of allylic oxidation sites excluding steroid dienone is 1. The summed E-state index contributed by atoms with van der Waals surface area (Å²) in [6, 6.07) is 5.76. The monoisotopic (exact) mass is 144 g/mol. The Morgan fingerprint density at radius 2 is 2.45 bits per heavy atom. The molecule has 1 aromatic heterocycles. The van der Waals surface area contributed by atoms with Crippen molar-refractivity contribution in [3.8, 4) is 6.07 Å². The lowest BCUT2D eigenvalue weighted by molar-refractivity contribution is 1.26. The van der Waals surface area contributed by atoms with Crippen molar-refractivity contribution in [1.82, 2.24) is 4.98 Å². The molecule has 0 aliphatic heterocycles. The van der Waals surface area contributed by atoms with Crippen molar-refractivity contribution in [3.63, 3.8) is 0 Å². The van der Waals surface area contributed by atoms with Crippen molar-refractivity contribution in [2.75, 3.05) is 0 Å². The Morgan fingerprint density at radius 3 is 3.09 bits per heavy atom. The molecular weight excluding hydrogens is 136 g/mol. The van der Waals surface area contributed by atoms with Gasteiger partial charge in [-0.25, -0.2) is 0 Å². The molecule has 0 bridgehead atoms. The van der Waals surface area contributed by atoms with Gasteiger partial charge in [0.05, 0.1) is 11.8 Å². The van der Waals surface area contributed by atoms with Crippen molar-refractivity contribution >= 4 is 6.08 Å². The van der Waals surface area contributed by atoms with Crippen LogP contribution in [0.3, 0.4) is 0 Å². The van der Waals surface area contributed by atoms with Crippen LogP contribution >= 0.6 is 0 Å². The number of rotatable bonds is 1. The van der Waals surface area contributed by atoms with Crippen LogP contribution in [0.15, 0.2) is 24.4 Å². The molecule has 2 heteroatoms. The van der Waals surface area contributed by atoms with Crippen molar-refractivity contribution in [1.29, 1.82) is 5.26 Å². The zero-order valence-corrected chi connectivity index (χ0v) is 6.28. The molecule has 1 rings (SSSR count). The van der Waals surface area contributed by atoms with Crippen LogP contribution < -0.4 is 0 Å². The highest BCUT2D eigenvalue weighted by atomic mass is 14.6. The fraction of sp³-hybridized carbons (Fsp3) is 0.111. The van der Waals surface area contributed by atoms with E-state index in [2.05, 4.69) is 4.98 Å². The third-order valence-corrected chi connectivity index (χ3v) is 1.27. The molecule has 0 aliphatic carbocycles. The average molecular weight is 144 g/mol. The van der Waals surface area contributed by atoms with E-state index in [4.69, 9.17) is 5.26 Å². The fourth-order valence-corrected chi connectivity index (χ4v) is 0.773. The van der Waals surface area contributed by atoms with E-state index in [1.165, 1.54) is 6.08 Å². The Morgan fingerprint density at radius 1 is 1.64 bits per heavy atom. The van der Waals surface area contributed by atoms with Gasteiger partial charge < -0.3 is 0 Å². The highest BCUT2D eigenvalue weighted by molar-refractivity contribution is 5.48. The minimum atomic E-state index is 0.826. The van der Waals surface area contributed by atoms with E-state index in [-0.39, 0.29) is 0 Å². The van der Waals surface area contributed by atoms with Crippen molar-refractivity contribution in [2.45, 2.75) is 6.92 Å². The van der Waals surface area contributed by atoms with Crippen molar-refractivity contribution in [2.24, 2.45) is 0 Å². The molecule has 0 aliphatic rings. The maximum atomic E-state index is 8.23. The number of aromatic nitrogens is 1. The van der Waals surface area contributed by atoms with Gasteiger partial charge in [0.25, 0.3) is 0 Å². The number of nitriles is 1. The van der Waals surface area contributed by atoms with E-state index in [1.807, 2.05) is 25.1 Å². The number of hydrogen-bond donors (Lipinski definition) is 0. The Hall–Kier alpha value is -1.62. The smallest absolute Gasteiger partial charge is 0.0912 e. The van der Waals surface area contributed by atoms with Gasteiger partial charge in [0.2, 0.25) is 0 Å². The summed E-state index contributed by atoms with van der Waals surface area (Å²) in [5.74, 6) is 0. The fourth-order valence-electron chi connectivity index (χ4n) is 0.773. The zero-order valence-electron chi connectivity index (χ0n) is 6.28.